The van der Waals surface area contributed by atoms with Gasteiger partial charge in [-0.15, -0.1) is 0 Å². The summed E-state index contributed by atoms with van der Waals surface area (Å²) in [5.41, 5.74) is 3.34. The van der Waals surface area contributed by atoms with E-state index in [2.05, 4.69) is 16.7 Å². The van der Waals surface area contributed by atoms with Gasteiger partial charge in [-0.1, -0.05) is 48.9 Å². The number of hydrogen-bond acceptors (Lipinski definition) is 5. The quantitative estimate of drug-likeness (QED) is 0.258. The van der Waals surface area contributed by atoms with E-state index in [0.717, 1.165) is 31.2 Å². The summed E-state index contributed by atoms with van der Waals surface area (Å²) >= 11 is 0. The number of anilines is 1. The van der Waals surface area contributed by atoms with Crippen LogP contribution in [0.2, 0.25) is 0 Å². The van der Waals surface area contributed by atoms with Gasteiger partial charge in [-0.2, -0.15) is 0 Å². The van der Waals surface area contributed by atoms with Gasteiger partial charge in [-0.25, -0.2) is 0 Å². The third-order valence-corrected chi connectivity index (χ3v) is 8.16. The molecule has 3 N–H and O–H groups in total. The van der Waals surface area contributed by atoms with Crippen molar-refractivity contribution in [1.29, 1.82) is 0 Å². The molecule has 0 radical (unpaired) electrons. The Kier molecular flexibility index (Phi) is 11.8. The highest BCUT2D eigenvalue weighted by atomic mass is 16.5. The molecule has 0 saturated carbocycles. The highest BCUT2D eigenvalue weighted by Gasteiger charge is 2.28. The third kappa shape index (κ3) is 9.68. The number of allylic oxidation sites excluding steroid dienone is 1. The van der Waals surface area contributed by atoms with Crippen LogP contribution in [0.4, 0.5) is 5.69 Å². The minimum absolute atomic E-state index is 0.0214. The lowest BCUT2D eigenvalue weighted by molar-refractivity contribution is -0.125. The van der Waals surface area contributed by atoms with Crippen LogP contribution in [-0.4, -0.2) is 54.2 Å². The van der Waals surface area contributed by atoms with Crippen LogP contribution in [0.5, 0.6) is 5.75 Å². The summed E-state index contributed by atoms with van der Waals surface area (Å²) in [6, 6.07) is 14.2. The summed E-state index contributed by atoms with van der Waals surface area (Å²) in [6.45, 7) is 6.81. The van der Waals surface area contributed by atoms with Crippen molar-refractivity contribution < 1.29 is 24.2 Å². The Morgan fingerprint density at radius 2 is 1.81 bits per heavy atom. The molecule has 3 amide bonds. The number of aliphatic hydroxyl groups is 1. The van der Waals surface area contributed by atoms with Crippen molar-refractivity contribution in [2.75, 3.05) is 18.0 Å². The van der Waals surface area contributed by atoms with Crippen LogP contribution >= 0.6 is 0 Å². The molecular weight excluding hydrogens is 542 g/mol. The fraction of sp³-hybridized carbons (Fsp3) is 0.514. The standard InChI is InChI=1S/C35H47N3O5/c1-24(2)43-30-22-28(21-29(23-30)38-18-10-15-33(38)40)35(42)37-31(20-27-13-8-5-9-14-27)32(39)19-25(3)34(41)36-17-16-26-11-6-4-7-12-26/h5,8-9,11,13-14,21-25,31-32,39H,4,6-7,10,12,15-20H2,1-3H3,(H,36,41)(H,37,42). The van der Waals surface area contributed by atoms with Crippen molar-refractivity contribution in [1.82, 2.24) is 10.6 Å². The summed E-state index contributed by atoms with van der Waals surface area (Å²) in [5.74, 6) is -0.375. The van der Waals surface area contributed by atoms with E-state index in [-0.39, 0.29) is 30.2 Å². The molecule has 8 nitrogen and oxygen atoms in total. The van der Waals surface area contributed by atoms with Gasteiger partial charge < -0.3 is 25.4 Å². The topological polar surface area (TPSA) is 108 Å². The SMILES string of the molecule is CC(C)Oc1cc(C(=O)NC(Cc2ccccc2)C(O)CC(C)C(=O)NCCC2=CCCCC2)cc(N2CCCC2=O)c1. The first-order valence-corrected chi connectivity index (χ1v) is 15.8. The molecule has 0 bridgehead atoms. The number of nitrogens with one attached hydrogen (secondary N) is 2. The molecule has 0 aromatic heterocycles. The van der Waals surface area contributed by atoms with Crippen molar-refractivity contribution in [2.24, 2.45) is 5.92 Å². The number of nitrogens with zero attached hydrogens (tertiary/aromatic N) is 1. The Hall–Kier alpha value is -3.65. The molecule has 1 heterocycles. The summed E-state index contributed by atoms with van der Waals surface area (Å²) < 4.78 is 5.92. The van der Waals surface area contributed by atoms with Crippen LogP contribution in [0.3, 0.4) is 0 Å². The van der Waals surface area contributed by atoms with Crippen LogP contribution in [0, 0.1) is 5.92 Å². The fourth-order valence-electron chi connectivity index (χ4n) is 5.82. The van der Waals surface area contributed by atoms with Crippen LogP contribution in [0.1, 0.15) is 88.1 Å². The zero-order valence-corrected chi connectivity index (χ0v) is 25.8. The molecule has 2 aromatic carbocycles. The second-order valence-electron chi connectivity index (χ2n) is 12.2. The van der Waals surface area contributed by atoms with Gasteiger partial charge in [0.25, 0.3) is 5.91 Å². The highest BCUT2D eigenvalue weighted by Crippen LogP contribution is 2.29. The monoisotopic (exact) mass is 589 g/mol. The first-order valence-electron chi connectivity index (χ1n) is 15.8. The smallest absolute Gasteiger partial charge is 0.251 e. The molecule has 2 aliphatic rings. The molecular formula is C35H47N3O5. The number of benzene rings is 2. The number of rotatable bonds is 14. The van der Waals surface area contributed by atoms with E-state index in [1.807, 2.05) is 51.1 Å². The predicted octanol–water partition coefficient (Wildman–Crippen LogP) is 5.34. The lowest BCUT2D eigenvalue weighted by Crippen LogP contribution is -2.46. The van der Waals surface area contributed by atoms with Crippen molar-refractivity contribution in [2.45, 2.75) is 96.8 Å². The predicted molar refractivity (Wildman–Crippen MR) is 169 cm³/mol. The van der Waals surface area contributed by atoms with E-state index in [0.29, 0.717) is 42.9 Å². The molecule has 4 rings (SSSR count). The summed E-state index contributed by atoms with van der Waals surface area (Å²) in [5, 5.41) is 17.4. The van der Waals surface area contributed by atoms with Gasteiger partial charge in [0.15, 0.2) is 0 Å². The molecule has 0 spiro atoms. The maximum Gasteiger partial charge on any atom is 0.251 e. The van der Waals surface area contributed by atoms with Gasteiger partial charge in [-0.05, 0) is 82.9 Å². The Morgan fingerprint density at radius 3 is 2.49 bits per heavy atom. The zero-order chi connectivity index (χ0) is 30.8. The largest absolute Gasteiger partial charge is 0.491 e. The van der Waals surface area contributed by atoms with E-state index in [1.54, 1.807) is 23.1 Å². The van der Waals surface area contributed by atoms with Gasteiger partial charge in [0.2, 0.25) is 11.8 Å². The Balaban J connectivity index is 1.46. The number of ether oxygens (including phenoxy) is 1. The van der Waals surface area contributed by atoms with Crippen molar-refractivity contribution >= 4 is 23.4 Å². The van der Waals surface area contributed by atoms with Gasteiger partial charge in [0.05, 0.1) is 18.2 Å². The molecule has 1 aliphatic carbocycles. The Labute approximate surface area is 255 Å². The summed E-state index contributed by atoms with van der Waals surface area (Å²) in [7, 11) is 0. The average molecular weight is 590 g/mol. The minimum Gasteiger partial charge on any atom is -0.491 e. The number of carbonyl (C=O) groups excluding carboxylic acids is 3. The van der Waals surface area contributed by atoms with Crippen molar-refractivity contribution in [3.05, 3.63) is 71.3 Å². The number of hydrogen-bond donors (Lipinski definition) is 3. The van der Waals surface area contributed by atoms with Crippen molar-refractivity contribution in [3.8, 4) is 5.75 Å². The normalized spacial score (nSPS) is 17.3. The average Bonchev–Trinajstić information content (AvgIpc) is 3.43. The molecule has 3 atom stereocenters. The molecule has 43 heavy (non-hydrogen) atoms. The molecule has 3 unspecified atom stereocenters. The summed E-state index contributed by atoms with van der Waals surface area (Å²) in [4.78, 5) is 40.7. The van der Waals surface area contributed by atoms with Gasteiger partial charge >= 0.3 is 0 Å². The first kappa shape index (κ1) is 32.3. The second kappa shape index (κ2) is 15.7. The molecule has 1 saturated heterocycles. The summed E-state index contributed by atoms with van der Waals surface area (Å²) in [6.07, 6.45) is 8.60. The van der Waals surface area contributed by atoms with Crippen LogP contribution < -0.4 is 20.3 Å². The fourth-order valence-corrected chi connectivity index (χ4v) is 5.82. The van der Waals surface area contributed by atoms with Crippen LogP contribution in [-0.2, 0) is 16.0 Å². The molecule has 2 aromatic rings. The van der Waals surface area contributed by atoms with Gasteiger partial charge in [0, 0.05) is 42.7 Å². The van der Waals surface area contributed by atoms with Crippen molar-refractivity contribution in [3.63, 3.8) is 0 Å². The second-order valence-corrected chi connectivity index (χ2v) is 12.2. The number of carbonyl (C=O) groups is 3. The number of amides is 3. The van der Waals surface area contributed by atoms with E-state index in [9.17, 15) is 19.5 Å². The van der Waals surface area contributed by atoms with E-state index >= 15 is 0 Å². The number of aliphatic hydroxyl groups excluding tert-OH is 1. The third-order valence-electron chi connectivity index (χ3n) is 8.16. The zero-order valence-electron chi connectivity index (χ0n) is 25.8. The first-order chi connectivity index (χ1) is 20.7. The molecule has 1 fully saturated rings. The lowest BCUT2D eigenvalue weighted by atomic mass is 9.93. The minimum atomic E-state index is -0.958. The molecule has 8 heteroatoms. The lowest BCUT2D eigenvalue weighted by Gasteiger charge is -2.27. The van der Waals surface area contributed by atoms with Gasteiger partial charge in [-0.3, -0.25) is 14.4 Å². The van der Waals surface area contributed by atoms with Crippen LogP contribution in [0.15, 0.2) is 60.2 Å². The highest BCUT2D eigenvalue weighted by molar-refractivity contribution is 5.99. The maximum absolute atomic E-state index is 13.7. The van der Waals surface area contributed by atoms with E-state index < -0.39 is 18.1 Å². The molecule has 232 valence electrons. The Bertz CT molecular complexity index is 1280. The van der Waals surface area contributed by atoms with Crippen LogP contribution in [0.25, 0.3) is 0 Å². The molecule has 1 aliphatic heterocycles. The maximum atomic E-state index is 13.7. The van der Waals surface area contributed by atoms with E-state index in [4.69, 9.17) is 4.74 Å². The van der Waals surface area contributed by atoms with E-state index in [1.165, 1.54) is 18.4 Å². The van der Waals surface area contributed by atoms with Gasteiger partial charge in [0.1, 0.15) is 5.75 Å². The Morgan fingerprint density at radius 1 is 1.02 bits per heavy atom.